The molecule has 0 saturated heterocycles. The summed E-state index contributed by atoms with van der Waals surface area (Å²) in [7, 11) is -3.80. The van der Waals surface area contributed by atoms with Gasteiger partial charge in [-0.1, -0.05) is 28.9 Å². The van der Waals surface area contributed by atoms with Crippen LogP contribution < -0.4 is 4.72 Å². The summed E-state index contributed by atoms with van der Waals surface area (Å²) in [4.78, 5) is 4.27. The van der Waals surface area contributed by atoms with Crippen molar-refractivity contribution >= 4 is 27.3 Å². The molecular formula is C17H16ClN3O3S. The zero-order chi connectivity index (χ0) is 18.2. The van der Waals surface area contributed by atoms with Crippen molar-refractivity contribution in [3.05, 3.63) is 58.4 Å². The number of aryl methyl sites for hydroxylation is 3. The van der Waals surface area contributed by atoms with Crippen molar-refractivity contribution in [2.24, 2.45) is 0 Å². The summed E-state index contributed by atoms with van der Waals surface area (Å²) >= 11 is 6.07. The molecule has 0 bridgehead atoms. The zero-order valence-electron chi connectivity index (χ0n) is 13.9. The van der Waals surface area contributed by atoms with Crippen LogP contribution in [-0.4, -0.2) is 18.6 Å². The molecule has 0 amide bonds. The van der Waals surface area contributed by atoms with Crippen LogP contribution in [-0.2, 0) is 10.0 Å². The Balaban J connectivity index is 2.00. The number of halogens is 1. The fourth-order valence-corrected chi connectivity index (χ4v) is 3.81. The summed E-state index contributed by atoms with van der Waals surface area (Å²) in [6, 6.07) is 9.95. The number of benzene rings is 2. The molecule has 0 aliphatic carbocycles. The molecule has 0 saturated carbocycles. The summed E-state index contributed by atoms with van der Waals surface area (Å²) in [6.45, 7) is 5.27. The van der Waals surface area contributed by atoms with Crippen molar-refractivity contribution < 1.29 is 12.9 Å². The predicted octanol–water partition coefficient (Wildman–Crippen LogP) is 4.12. The summed E-state index contributed by atoms with van der Waals surface area (Å²) in [5, 5.41) is 4.22. The molecule has 0 aliphatic heterocycles. The first-order chi connectivity index (χ1) is 11.8. The summed E-state index contributed by atoms with van der Waals surface area (Å²) in [5.41, 5.74) is 2.41. The number of nitrogens with zero attached hydrogens (tertiary/aromatic N) is 2. The molecule has 6 nitrogen and oxygen atoms in total. The number of aromatic nitrogens is 2. The maximum Gasteiger partial charge on any atom is 0.262 e. The number of rotatable bonds is 4. The van der Waals surface area contributed by atoms with E-state index < -0.39 is 10.0 Å². The van der Waals surface area contributed by atoms with E-state index in [4.69, 9.17) is 16.1 Å². The Bertz CT molecular complexity index is 1050. The van der Waals surface area contributed by atoms with Crippen LogP contribution in [0, 0.1) is 20.8 Å². The number of hydrogen-bond donors (Lipinski definition) is 1. The average Bonchev–Trinajstić information content (AvgIpc) is 2.97. The van der Waals surface area contributed by atoms with Gasteiger partial charge >= 0.3 is 0 Å². The van der Waals surface area contributed by atoms with Crippen molar-refractivity contribution in [3.63, 3.8) is 0 Å². The first-order valence-corrected chi connectivity index (χ1v) is 9.33. The molecule has 130 valence electrons. The number of sulfonamides is 1. The fourth-order valence-electron chi connectivity index (χ4n) is 2.30. The summed E-state index contributed by atoms with van der Waals surface area (Å²) in [6.07, 6.45) is 0. The quantitative estimate of drug-likeness (QED) is 0.739. The molecule has 0 unspecified atom stereocenters. The standard InChI is InChI=1S/C17H16ClN3O3S/c1-10-5-7-14(9-15(10)18)21-25(22,23)16-8-13(6-4-11(16)2)17-19-12(3)20-24-17/h4-9,21H,1-3H3. The third-order valence-corrected chi connectivity index (χ3v) is 5.61. The first kappa shape index (κ1) is 17.4. The molecule has 25 heavy (non-hydrogen) atoms. The molecule has 0 aliphatic rings. The maximum atomic E-state index is 12.8. The number of anilines is 1. The van der Waals surface area contributed by atoms with Gasteiger partial charge < -0.3 is 4.52 Å². The highest BCUT2D eigenvalue weighted by atomic mass is 35.5. The van der Waals surface area contributed by atoms with Crippen molar-refractivity contribution in [1.29, 1.82) is 0 Å². The topological polar surface area (TPSA) is 85.1 Å². The molecule has 1 N–H and O–H groups in total. The van der Waals surface area contributed by atoms with Crippen LogP contribution in [0.2, 0.25) is 5.02 Å². The Morgan fingerprint density at radius 2 is 1.76 bits per heavy atom. The van der Waals surface area contributed by atoms with E-state index in [-0.39, 0.29) is 10.8 Å². The van der Waals surface area contributed by atoms with Crippen LogP contribution in [0.5, 0.6) is 0 Å². The fraction of sp³-hybridized carbons (Fsp3) is 0.176. The predicted molar refractivity (Wildman–Crippen MR) is 96.2 cm³/mol. The largest absolute Gasteiger partial charge is 0.334 e. The van der Waals surface area contributed by atoms with Crippen LogP contribution in [0.3, 0.4) is 0 Å². The lowest BCUT2D eigenvalue weighted by molar-refractivity contribution is 0.425. The second-order valence-corrected chi connectivity index (χ2v) is 7.75. The van der Waals surface area contributed by atoms with Crippen LogP contribution in [0.1, 0.15) is 17.0 Å². The third kappa shape index (κ3) is 3.67. The van der Waals surface area contributed by atoms with E-state index in [9.17, 15) is 8.42 Å². The number of nitrogens with one attached hydrogen (secondary N) is 1. The molecule has 0 fully saturated rings. The lowest BCUT2D eigenvalue weighted by Crippen LogP contribution is -2.14. The molecule has 0 spiro atoms. The smallest absolute Gasteiger partial charge is 0.262 e. The van der Waals surface area contributed by atoms with Crippen molar-refractivity contribution in [2.45, 2.75) is 25.7 Å². The van der Waals surface area contributed by atoms with Crippen molar-refractivity contribution in [3.8, 4) is 11.5 Å². The van der Waals surface area contributed by atoms with E-state index in [1.807, 2.05) is 6.92 Å². The Kier molecular flexibility index (Phi) is 4.53. The molecule has 3 rings (SSSR count). The maximum absolute atomic E-state index is 12.8. The Labute approximate surface area is 150 Å². The Hall–Kier alpha value is -2.38. The zero-order valence-corrected chi connectivity index (χ0v) is 15.4. The minimum absolute atomic E-state index is 0.137. The Morgan fingerprint density at radius 1 is 1.04 bits per heavy atom. The van der Waals surface area contributed by atoms with Gasteiger partial charge in [0.15, 0.2) is 5.82 Å². The van der Waals surface area contributed by atoms with Crippen molar-refractivity contribution in [1.82, 2.24) is 10.1 Å². The Morgan fingerprint density at radius 3 is 2.40 bits per heavy atom. The molecular weight excluding hydrogens is 362 g/mol. The third-order valence-electron chi connectivity index (χ3n) is 3.68. The lowest BCUT2D eigenvalue weighted by atomic mass is 10.1. The van der Waals surface area contributed by atoms with Gasteiger partial charge in [0, 0.05) is 10.6 Å². The molecule has 2 aromatic carbocycles. The van der Waals surface area contributed by atoms with Gasteiger partial charge in [-0.2, -0.15) is 4.98 Å². The second kappa shape index (κ2) is 6.50. The van der Waals surface area contributed by atoms with Gasteiger partial charge in [-0.15, -0.1) is 0 Å². The molecule has 0 atom stereocenters. The van der Waals surface area contributed by atoms with Gasteiger partial charge in [-0.3, -0.25) is 4.72 Å². The molecule has 0 radical (unpaired) electrons. The van der Waals surface area contributed by atoms with Gasteiger partial charge in [-0.25, -0.2) is 8.42 Å². The highest BCUT2D eigenvalue weighted by Gasteiger charge is 2.19. The lowest BCUT2D eigenvalue weighted by Gasteiger charge is -2.12. The normalized spacial score (nSPS) is 11.5. The average molecular weight is 378 g/mol. The molecule has 8 heteroatoms. The molecule has 3 aromatic rings. The van der Waals surface area contributed by atoms with Crippen LogP contribution >= 0.6 is 11.6 Å². The van der Waals surface area contributed by atoms with Gasteiger partial charge in [0.25, 0.3) is 15.9 Å². The van der Waals surface area contributed by atoms with Gasteiger partial charge in [0.1, 0.15) is 0 Å². The molecule has 1 heterocycles. The van der Waals surface area contributed by atoms with Gasteiger partial charge in [0.05, 0.1) is 10.6 Å². The molecule has 1 aromatic heterocycles. The van der Waals surface area contributed by atoms with E-state index in [0.29, 0.717) is 27.7 Å². The van der Waals surface area contributed by atoms with Gasteiger partial charge in [-0.05, 0) is 56.2 Å². The monoisotopic (exact) mass is 377 g/mol. The number of hydrogen-bond acceptors (Lipinski definition) is 5. The highest BCUT2D eigenvalue weighted by molar-refractivity contribution is 7.92. The minimum Gasteiger partial charge on any atom is -0.334 e. The van der Waals surface area contributed by atoms with Crippen LogP contribution in [0.15, 0.2) is 45.8 Å². The highest BCUT2D eigenvalue weighted by Crippen LogP contribution is 2.27. The van der Waals surface area contributed by atoms with Crippen molar-refractivity contribution in [2.75, 3.05) is 4.72 Å². The summed E-state index contributed by atoms with van der Waals surface area (Å²) < 4.78 is 33.2. The SMILES string of the molecule is Cc1noc(-c2ccc(C)c(S(=O)(=O)Nc3ccc(C)c(Cl)c3)c2)n1. The van der Waals surface area contributed by atoms with E-state index in [2.05, 4.69) is 14.9 Å². The van der Waals surface area contributed by atoms with Crippen LogP contribution in [0.25, 0.3) is 11.5 Å². The van der Waals surface area contributed by atoms with E-state index in [0.717, 1.165) is 5.56 Å². The first-order valence-electron chi connectivity index (χ1n) is 7.46. The van der Waals surface area contributed by atoms with E-state index in [1.165, 1.54) is 6.07 Å². The van der Waals surface area contributed by atoms with Gasteiger partial charge in [0.2, 0.25) is 0 Å². The second-order valence-electron chi connectivity index (χ2n) is 5.70. The minimum atomic E-state index is -3.80. The van der Waals surface area contributed by atoms with Crippen LogP contribution in [0.4, 0.5) is 5.69 Å². The van der Waals surface area contributed by atoms with E-state index >= 15 is 0 Å². The summed E-state index contributed by atoms with van der Waals surface area (Å²) in [5.74, 6) is 0.750. The van der Waals surface area contributed by atoms with E-state index in [1.54, 1.807) is 44.2 Å².